The molecule has 0 radical (unpaired) electrons. The van der Waals surface area contributed by atoms with E-state index in [2.05, 4.69) is 47.0 Å². The van der Waals surface area contributed by atoms with Crippen molar-refractivity contribution in [2.24, 2.45) is 16.8 Å². The minimum Gasteiger partial charge on any atom is -0.351 e. The molecule has 1 aromatic heterocycles. The van der Waals surface area contributed by atoms with E-state index in [1.165, 1.54) is 12.0 Å². The third-order valence-electron chi connectivity index (χ3n) is 3.91. The van der Waals surface area contributed by atoms with Crippen molar-refractivity contribution in [2.75, 3.05) is 20.1 Å². The van der Waals surface area contributed by atoms with E-state index in [0.717, 1.165) is 43.1 Å². The maximum atomic E-state index is 4.43. The molecule has 0 bridgehead atoms. The molecule has 5 heteroatoms. The summed E-state index contributed by atoms with van der Waals surface area (Å²) in [5, 5.41) is 3.45. The highest BCUT2D eigenvalue weighted by Gasteiger charge is 2.23. The van der Waals surface area contributed by atoms with Crippen LogP contribution in [0.5, 0.6) is 0 Å². The first-order valence-corrected chi connectivity index (χ1v) is 7.46. The molecular formula is C16H27IN4. The van der Waals surface area contributed by atoms with Crippen molar-refractivity contribution in [3.63, 3.8) is 0 Å². The number of nitrogens with zero attached hydrogens (tertiary/aromatic N) is 3. The second kappa shape index (κ2) is 8.56. The van der Waals surface area contributed by atoms with Crippen LogP contribution in [0.4, 0.5) is 0 Å². The van der Waals surface area contributed by atoms with Crippen LogP contribution >= 0.6 is 24.0 Å². The minimum atomic E-state index is 0. The van der Waals surface area contributed by atoms with Crippen LogP contribution < -0.4 is 5.32 Å². The number of halogens is 1. The zero-order chi connectivity index (χ0) is 14.5. The van der Waals surface area contributed by atoms with E-state index in [9.17, 15) is 0 Å². The standard InChI is InChI=1S/C16H26N4.HI/c1-12-8-13(2)11-20(10-12)16(17-4)19-9-15-14(3)6-5-7-18-15;/h5-7,12-13H,8-11H2,1-4H3,(H,17,19);1H. The summed E-state index contributed by atoms with van der Waals surface area (Å²) in [7, 11) is 1.86. The number of aryl methyl sites for hydroxylation is 1. The Hall–Kier alpha value is -0.850. The number of hydrogen-bond acceptors (Lipinski definition) is 2. The Morgan fingerprint density at radius 2 is 2.05 bits per heavy atom. The van der Waals surface area contributed by atoms with Crippen LogP contribution in [0.25, 0.3) is 0 Å². The smallest absolute Gasteiger partial charge is 0.193 e. The first-order valence-electron chi connectivity index (χ1n) is 7.46. The van der Waals surface area contributed by atoms with Gasteiger partial charge in [0.25, 0.3) is 0 Å². The molecule has 1 fully saturated rings. The van der Waals surface area contributed by atoms with E-state index in [1.54, 1.807) is 0 Å². The largest absolute Gasteiger partial charge is 0.351 e. The number of aliphatic imine (C=N–C) groups is 1. The molecule has 0 aromatic carbocycles. The lowest BCUT2D eigenvalue weighted by Crippen LogP contribution is -2.48. The van der Waals surface area contributed by atoms with Crippen LogP contribution in [0, 0.1) is 18.8 Å². The van der Waals surface area contributed by atoms with E-state index in [-0.39, 0.29) is 24.0 Å². The fourth-order valence-electron chi connectivity index (χ4n) is 3.03. The number of pyridine rings is 1. The van der Waals surface area contributed by atoms with Gasteiger partial charge in [0.2, 0.25) is 0 Å². The molecule has 1 N–H and O–H groups in total. The van der Waals surface area contributed by atoms with Crippen molar-refractivity contribution in [1.82, 2.24) is 15.2 Å². The van der Waals surface area contributed by atoms with Gasteiger partial charge in [-0.05, 0) is 36.8 Å². The Balaban J connectivity index is 0.00000220. The Kier molecular flexibility index (Phi) is 7.42. The highest BCUT2D eigenvalue weighted by molar-refractivity contribution is 14.0. The normalized spacial score (nSPS) is 22.7. The molecule has 0 saturated carbocycles. The van der Waals surface area contributed by atoms with E-state index < -0.39 is 0 Å². The van der Waals surface area contributed by atoms with Crippen LogP contribution in [0.3, 0.4) is 0 Å². The second-order valence-corrected chi connectivity index (χ2v) is 6.02. The van der Waals surface area contributed by atoms with Gasteiger partial charge in [0.05, 0.1) is 12.2 Å². The summed E-state index contributed by atoms with van der Waals surface area (Å²) in [5.41, 5.74) is 2.31. The van der Waals surface area contributed by atoms with Gasteiger partial charge in [-0.2, -0.15) is 0 Å². The zero-order valence-electron chi connectivity index (χ0n) is 13.5. The van der Waals surface area contributed by atoms with Gasteiger partial charge in [-0.25, -0.2) is 0 Å². The maximum absolute atomic E-state index is 4.43. The highest BCUT2D eigenvalue weighted by Crippen LogP contribution is 2.20. The van der Waals surface area contributed by atoms with Crippen LogP contribution in [0.1, 0.15) is 31.5 Å². The van der Waals surface area contributed by atoms with Gasteiger partial charge in [-0.3, -0.25) is 9.98 Å². The monoisotopic (exact) mass is 402 g/mol. The molecule has 21 heavy (non-hydrogen) atoms. The summed E-state index contributed by atoms with van der Waals surface area (Å²) in [6.07, 6.45) is 3.16. The predicted molar refractivity (Wildman–Crippen MR) is 99.1 cm³/mol. The number of piperidine rings is 1. The predicted octanol–water partition coefficient (Wildman–Crippen LogP) is 3.06. The molecule has 2 heterocycles. The summed E-state index contributed by atoms with van der Waals surface area (Å²) >= 11 is 0. The number of hydrogen-bond donors (Lipinski definition) is 1. The first-order chi connectivity index (χ1) is 9.60. The minimum absolute atomic E-state index is 0. The zero-order valence-corrected chi connectivity index (χ0v) is 15.8. The second-order valence-electron chi connectivity index (χ2n) is 6.02. The lowest BCUT2D eigenvalue weighted by Gasteiger charge is -2.37. The molecule has 1 aromatic rings. The Morgan fingerprint density at radius 1 is 1.38 bits per heavy atom. The molecular weight excluding hydrogens is 375 g/mol. The molecule has 2 unspecified atom stereocenters. The van der Waals surface area contributed by atoms with Gasteiger partial charge in [-0.15, -0.1) is 24.0 Å². The van der Waals surface area contributed by atoms with Crippen LogP contribution in [-0.4, -0.2) is 36.0 Å². The lowest BCUT2D eigenvalue weighted by atomic mass is 9.92. The van der Waals surface area contributed by atoms with Gasteiger partial charge >= 0.3 is 0 Å². The van der Waals surface area contributed by atoms with Gasteiger partial charge in [0.1, 0.15) is 0 Å². The average Bonchev–Trinajstić information content (AvgIpc) is 2.40. The number of guanidine groups is 1. The summed E-state index contributed by atoms with van der Waals surface area (Å²) < 4.78 is 0. The van der Waals surface area contributed by atoms with Crippen molar-refractivity contribution >= 4 is 29.9 Å². The van der Waals surface area contributed by atoms with Crippen LogP contribution in [-0.2, 0) is 6.54 Å². The molecule has 1 aliphatic rings. The average molecular weight is 402 g/mol. The SMILES string of the molecule is CN=C(NCc1ncccc1C)N1CC(C)CC(C)C1.I. The molecule has 1 saturated heterocycles. The van der Waals surface area contributed by atoms with Gasteiger partial charge < -0.3 is 10.2 Å². The number of likely N-dealkylation sites (tertiary alicyclic amines) is 1. The van der Waals surface area contributed by atoms with Crippen molar-refractivity contribution in [2.45, 2.75) is 33.7 Å². The van der Waals surface area contributed by atoms with Gasteiger partial charge in [0.15, 0.2) is 5.96 Å². The molecule has 2 atom stereocenters. The van der Waals surface area contributed by atoms with Crippen molar-refractivity contribution in [1.29, 1.82) is 0 Å². The maximum Gasteiger partial charge on any atom is 0.193 e. The molecule has 2 rings (SSSR count). The Bertz CT molecular complexity index is 465. The first kappa shape index (κ1) is 18.2. The molecule has 0 amide bonds. The Morgan fingerprint density at radius 3 is 2.62 bits per heavy atom. The highest BCUT2D eigenvalue weighted by atomic mass is 127. The van der Waals surface area contributed by atoms with E-state index in [4.69, 9.17) is 0 Å². The summed E-state index contributed by atoms with van der Waals surface area (Å²) in [4.78, 5) is 11.2. The lowest BCUT2D eigenvalue weighted by molar-refractivity contribution is 0.208. The van der Waals surface area contributed by atoms with Gasteiger partial charge in [-0.1, -0.05) is 19.9 Å². The molecule has 4 nitrogen and oxygen atoms in total. The van der Waals surface area contributed by atoms with Crippen molar-refractivity contribution < 1.29 is 0 Å². The number of aromatic nitrogens is 1. The third-order valence-corrected chi connectivity index (χ3v) is 3.91. The molecule has 0 spiro atoms. The van der Waals surface area contributed by atoms with Gasteiger partial charge in [0, 0.05) is 26.3 Å². The van der Waals surface area contributed by atoms with E-state index in [1.807, 2.05) is 19.3 Å². The third kappa shape index (κ3) is 5.13. The summed E-state index contributed by atoms with van der Waals surface area (Å²) in [6, 6.07) is 4.07. The van der Waals surface area contributed by atoms with Crippen molar-refractivity contribution in [3.8, 4) is 0 Å². The fraction of sp³-hybridized carbons (Fsp3) is 0.625. The van der Waals surface area contributed by atoms with Crippen LogP contribution in [0.2, 0.25) is 0 Å². The topological polar surface area (TPSA) is 40.5 Å². The van der Waals surface area contributed by atoms with Crippen LogP contribution in [0.15, 0.2) is 23.3 Å². The summed E-state index contributed by atoms with van der Waals surface area (Å²) in [5.74, 6) is 2.45. The summed E-state index contributed by atoms with van der Waals surface area (Å²) in [6.45, 7) is 9.64. The number of nitrogens with one attached hydrogen (secondary N) is 1. The molecule has 0 aliphatic carbocycles. The fourth-order valence-corrected chi connectivity index (χ4v) is 3.03. The molecule has 118 valence electrons. The van der Waals surface area contributed by atoms with Crippen molar-refractivity contribution in [3.05, 3.63) is 29.6 Å². The quantitative estimate of drug-likeness (QED) is 0.470. The van der Waals surface area contributed by atoms with E-state index in [0.29, 0.717) is 0 Å². The number of rotatable bonds is 2. The van der Waals surface area contributed by atoms with E-state index >= 15 is 0 Å². The Labute approximate surface area is 145 Å². The molecule has 1 aliphatic heterocycles.